The van der Waals surface area contributed by atoms with Crippen molar-refractivity contribution in [2.75, 3.05) is 38.7 Å². The molecule has 1 aromatic carbocycles. The lowest BCUT2D eigenvalue weighted by atomic mass is 9.98. The second-order valence-electron chi connectivity index (χ2n) is 10.1. The number of para-hydroxylation sites is 1. The summed E-state index contributed by atoms with van der Waals surface area (Å²) in [7, 11) is 3.60. The first-order chi connectivity index (χ1) is 18.0. The minimum absolute atomic E-state index is 0.0759. The minimum atomic E-state index is -0.840. The van der Waals surface area contributed by atoms with Gasteiger partial charge in [-0.2, -0.15) is 5.10 Å². The SMILES string of the molecule is COc1cc(CCCCCOC2CN(C(C(=O)O)c3cccc4c(C)nn(C)c34)C2)nc2c1CCCN2. The predicted octanol–water partition coefficient (Wildman–Crippen LogP) is 3.88. The fraction of sp³-hybridized carbons (Fsp3) is 0.536. The molecule has 198 valence electrons. The number of aromatic nitrogens is 3. The number of benzene rings is 1. The van der Waals surface area contributed by atoms with Crippen molar-refractivity contribution in [1.29, 1.82) is 0 Å². The molecule has 1 unspecified atom stereocenters. The van der Waals surface area contributed by atoms with Gasteiger partial charge in [0.25, 0.3) is 0 Å². The molecule has 1 saturated heterocycles. The van der Waals surface area contributed by atoms with E-state index >= 15 is 0 Å². The number of fused-ring (bicyclic) bond motifs is 2. The molecular formula is C28H37N5O4. The summed E-state index contributed by atoms with van der Waals surface area (Å²) >= 11 is 0. The molecule has 2 aliphatic rings. The van der Waals surface area contributed by atoms with Crippen LogP contribution in [0.4, 0.5) is 5.82 Å². The van der Waals surface area contributed by atoms with Crippen molar-refractivity contribution >= 4 is 22.7 Å². The Bertz CT molecular complexity index is 1250. The molecule has 37 heavy (non-hydrogen) atoms. The van der Waals surface area contributed by atoms with Gasteiger partial charge < -0.3 is 19.9 Å². The molecule has 0 bridgehead atoms. The van der Waals surface area contributed by atoms with Gasteiger partial charge in [0.2, 0.25) is 0 Å². The van der Waals surface area contributed by atoms with Crippen LogP contribution in [0.25, 0.3) is 10.9 Å². The van der Waals surface area contributed by atoms with E-state index < -0.39 is 12.0 Å². The molecule has 9 heteroatoms. The molecule has 4 heterocycles. The van der Waals surface area contributed by atoms with Gasteiger partial charge in [-0.05, 0) is 39.0 Å². The van der Waals surface area contributed by atoms with E-state index in [0.717, 1.165) is 84.5 Å². The first kappa shape index (κ1) is 25.5. The fourth-order valence-electron chi connectivity index (χ4n) is 5.64. The van der Waals surface area contributed by atoms with E-state index in [2.05, 4.69) is 16.5 Å². The average molecular weight is 508 g/mol. The number of hydrogen-bond donors (Lipinski definition) is 2. The molecule has 0 radical (unpaired) electrons. The zero-order valence-electron chi connectivity index (χ0n) is 22.0. The van der Waals surface area contributed by atoms with Gasteiger partial charge in [-0.25, -0.2) is 4.98 Å². The van der Waals surface area contributed by atoms with Gasteiger partial charge in [0, 0.05) is 61.6 Å². The zero-order valence-corrected chi connectivity index (χ0v) is 22.0. The highest BCUT2D eigenvalue weighted by Gasteiger charge is 2.39. The van der Waals surface area contributed by atoms with Crippen molar-refractivity contribution in [3.63, 3.8) is 0 Å². The van der Waals surface area contributed by atoms with Crippen LogP contribution >= 0.6 is 0 Å². The van der Waals surface area contributed by atoms with Crippen molar-refractivity contribution in [2.24, 2.45) is 7.05 Å². The number of carboxylic acid groups (broad SMARTS) is 1. The monoisotopic (exact) mass is 507 g/mol. The zero-order chi connectivity index (χ0) is 25.9. The molecule has 0 spiro atoms. The molecule has 3 aromatic rings. The Morgan fingerprint density at radius 2 is 2.11 bits per heavy atom. The van der Waals surface area contributed by atoms with Crippen LogP contribution in [0.3, 0.4) is 0 Å². The lowest BCUT2D eigenvalue weighted by molar-refractivity contribution is -0.150. The van der Waals surface area contributed by atoms with Gasteiger partial charge in [-0.3, -0.25) is 14.4 Å². The van der Waals surface area contributed by atoms with E-state index in [1.165, 1.54) is 5.56 Å². The lowest BCUT2D eigenvalue weighted by Gasteiger charge is -2.42. The number of rotatable bonds is 11. The molecule has 0 saturated carbocycles. The summed E-state index contributed by atoms with van der Waals surface area (Å²) in [5.41, 5.74) is 4.84. The van der Waals surface area contributed by atoms with E-state index in [0.29, 0.717) is 19.7 Å². The quantitative estimate of drug-likeness (QED) is 0.377. The number of carbonyl (C=O) groups is 1. The third-order valence-electron chi connectivity index (χ3n) is 7.53. The molecule has 2 N–H and O–H groups in total. The van der Waals surface area contributed by atoms with Crippen molar-refractivity contribution < 1.29 is 19.4 Å². The van der Waals surface area contributed by atoms with Gasteiger partial charge in [-0.15, -0.1) is 0 Å². The number of aliphatic carboxylic acids is 1. The van der Waals surface area contributed by atoms with Crippen LogP contribution in [0.2, 0.25) is 0 Å². The number of nitrogens with one attached hydrogen (secondary N) is 1. The number of likely N-dealkylation sites (tertiary alicyclic amines) is 1. The largest absolute Gasteiger partial charge is 0.496 e. The Morgan fingerprint density at radius 3 is 2.89 bits per heavy atom. The molecule has 1 fully saturated rings. The van der Waals surface area contributed by atoms with Gasteiger partial charge in [0.05, 0.1) is 24.4 Å². The normalized spacial score (nSPS) is 16.7. The molecule has 1 atom stereocenters. The van der Waals surface area contributed by atoms with Crippen molar-refractivity contribution in [2.45, 2.75) is 57.6 Å². The molecular weight excluding hydrogens is 470 g/mol. The van der Waals surface area contributed by atoms with Crippen LogP contribution in [0.15, 0.2) is 24.3 Å². The summed E-state index contributed by atoms with van der Waals surface area (Å²) in [4.78, 5) is 19.0. The summed E-state index contributed by atoms with van der Waals surface area (Å²) in [6.07, 6.45) is 6.21. The van der Waals surface area contributed by atoms with Crippen LogP contribution < -0.4 is 10.1 Å². The van der Waals surface area contributed by atoms with E-state index in [-0.39, 0.29) is 6.10 Å². The first-order valence-electron chi connectivity index (χ1n) is 13.3. The first-order valence-corrected chi connectivity index (χ1v) is 13.3. The fourth-order valence-corrected chi connectivity index (χ4v) is 5.64. The maximum Gasteiger partial charge on any atom is 0.325 e. The van der Waals surface area contributed by atoms with E-state index in [9.17, 15) is 9.90 Å². The molecule has 2 aromatic heterocycles. The van der Waals surface area contributed by atoms with Crippen LogP contribution in [0.1, 0.15) is 54.2 Å². The maximum absolute atomic E-state index is 12.2. The minimum Gasteiger partial charge on any atom is -0.496 e. The Kier molecular flexibility index (Phi) is 7.62. The Balaban J connectivity index is 1.07. The van der Waals surface area contributed by atoms with Crippen LogP contribution in [0, 0.1) is 6.92 Å². The van der Waals surface area contributed by atoms with E-state index in [1.807, 2.05) is 37.1 Å². The van der Waals surface area contributed by atoms with Gasteiger partial charge in [0.15, 0.2) is 0 Å². The number of nitrogens with zero attached hydrogens (tertiary/aromatic N) is 4. The molecule has 2 aliphatic heterocycles. The maximum atomic E-state index is 12.2. The summed E-state index contributed by atoms with van der Waals surface area (Å²) in [6.45, 7) is 4.85. The topological polar surface area (TPSA) is 102 Å². The highest BCUT2D eigenvalue weighted by molar-refractivity contribution is 5.89. The number of pyridine rings is 1. The highest BCUT2D eigenvalue weighted by atomic mass is 16.5. The Morgan fingerprint density at radius 1 is 1.27 bits per heavy atom. The van der Waals surface area contributed by atoms with Crippen molar-refractivity contribution in [1.82, 2.24) is 19.7 Å². The number of ether oxygens (including phenoxy) is 2. The third-order valence-corrected chi connectivity index (χ3v) is 7.53. The number of hydrogen-bond acceptors (Lipinski definition) is 7. The van der Waals surface area contributed by atoms with E-state index in [1.54, 1.807) is 11.8 Å². The Labute approximate surface area is 217 Å². The average Bonchev–Trinajstić information content (AvgIpc) is 3.17. The highest BCUT2D eigenvalue weighted by Crippen LogP contribution is 2.33. The summed E-state index contributed by atoms with van der Waals surface area (Å²) in [6, 6.07) is 7.20. The number of methoxy groups -OCH3 is 1. The van der Waals surface area contributed by atoms with Gasteiger partial charge in [0.1, 0.15) is 17.6 Å². The van der Waals surface area contributed by atoms with Crippen LogP contribution in [-0.2, 0) is 29.4 Å². The summed E-state index contributed by atoms with van der Waals surface area (Å²) in [5, 5.41) is 18.9. The smallest absolute Gasteiger partial charge is 0.325 e. The van der Waals surface area contributed by atoms with E-state index in [4.69, 9.17) is 14.5 Å². The molecule has 0 aliphatic carbocycles. The number of anilines is 1. The van der Waals surface area contributed by atoms with Crippen molar-refractivity contribution in [3.05, 3.63) is 46.8 Å². The molecule has 0 amide bonds. The molecule has 5 rings (SSSR count). The van der Waals surface area contributed by atoms with Crippen molar-refractivity contribution in [3.8, 4) is 5.75 Å². The van der Waals surface area contributed by atoms with Crippen LogP contribution in [0.5, 0.6) is 5.75 Å². The second kappa shape index (κ2) is 11.1. The molecule has 9 nitrogen and oxygen atoms in total. The number of unbranched alkanes of at least 4 members (excludes halogenated alkanes) is 2. The van der Waals surface area contributed by atoms with Gasteiger partial charge >= 0.3 is 5.97 Å². The standard InChI is InChI=1S/C28H37N5O4/c1-18-21-10-7-11-23(25(21)32(2)31-18)26(28(34)35)33-16-20(17-33)37-14-6-4-5-9-19-15-24(36-3)22-12-8-13-29-27(22)30-19/h7,10-11,15,20,26H,4-6,8-9,12-14,16-17H2,1-3H3,(H,29,30)(H,34,35). The lowest BCUT2D eigenvalue weighted by Crippen LogP contribution is -2.55. The number of aryl methyl sites for hydroxylation is 3. The van der Waals surface area contributed by atoms with Crippen LogP contribution in [-0.4, -0.2) is 70.2 Å². The second-order valence-corrected chi connectivity index (χ2v) is 10.1. The summed E-state index contributed by atoms with van der Waals surface area (Å²) in [5.74, 6) is 1.08. The number of carboxylic acids is 1. The third kappa shape index (κ3) is 5.29. The summed E-state index contributed by atoms with van der Waals surface area (Å²) < 4.78 is 13.4. The Hall–Kier alpha value is -3.17. The predicted molar refractivity (Wildman–Crippen MR) is 142 cm³/mol. The van der Waals surface area contributed by atoms with Gasteiger partial charge in [-0.1, -0.05) is 24.6 Å².